The zero-order chi connectivity index (χ0) is 16.6. The van der Waals surface area contributed by atoms with Gasteiger partial charge in [-0.3, -0.25) is 4.79 Å². The van der Waals surface area contributed by atoms with Gasteiger partial charge in [-0.25, -0.2) is 0 Å². The van der Waals surface area contributed by atoms with E-state index in [0.29, 0.717) is 19.2 Å². The third kappa shape index (κ3) is 8.36. The van der Waals surface area contributed by atoms with Crippen LogP contribution in [0.25, 0.3) is 0 Å². The zero-order valence-corrected chi connectivity index (χ0v) is 15.4. The van der Waals surface area contributed by atoms with Gasteiger partial charge in [0, 0.05) is 29.9 Å². The molecule has 1 rings (SSSR count). The van der Waals surface area contributed by atoms with Crippen LogP contribution in [0.2, 0.25) is 0 Å². The molecule has 1 heterocycles. The van der Waals surface area contributed by atoms with Gasteiger partial charge in [-0.2, -0.15) is 12.6 Å². The zero-order valence-electron chi connectivity index (χ0n) is 14.5. The Morgan fingerprint density at radius 2 is 1.95 bits per heavy atom. The van der Waals surface area contributed by atoms with E-state index in [9.17, 15) is 4.79 Å². The number of ether oxygens (including phenoxy) is 1. The Bertz CT molecular complexity index is 324. The molecule has 1 unspecified atom stereocenters. The fourth-order valence-corrected chi connectivity index (χ4v) is 2.67. The predicted molar refractivity (Wildman–Crippen MR) is 94.3 cm³/mol. The lowest BCUT2D eigenvalue weighted by molar-refractivity contribution is -0.128. The van der Waals surface area contributed by atoms with Crippen LogP contribution in [-0.4, -0.2) is 61.6 Å². The molecule has 22 heavy (non-hydrogen) atoms. The number of piperidine rings is 1. The van der Waals surface area contributed by atoms with Gasteiger partial charge >= 0.3 is 0 Å². The summed E-state index contributed by atoms with van der Waals surface area (Å²) < 4.78 is 5.61. The number of rotatable bonds is 8. The van der Waals surface area contributed by atoms with Crippen LogP contribution in [0.4, 0.5) is 0 Å². The molecule has 1 aliphatic rings. The van der Waals surface area contributed by atoms with Gasteiger partial charge in [0.1, 0.15) is 0 Å². The number of thiol groups is 1. The quantitative estimate of drug-likeness (QED) is 0.358. The first-order valence-corrected chi connectivity index (χ1v) is 8.83. The summed E-state index contributed by atoms with van der Waals surface area (Å²) in [6.07, 6.45) is 2.35. The maximum atomic E-state index is 11.7. The number of hydrogen-bond acceptors (Lipinski definition) is 5. The molecule has 1 amide bonds. The van der Waals surface area contributed by atoms with E-state index in [1.807, 2.05) is 20.8 Å². The van der Waals surface area contributed by atoms with Crippen molar-refractivity contribution in [3.63, 3.8) is 0 Å². The number of carbonyl (C=O) groups is 1. The first kappa shape index (κ1) is 19.7. The summed E-state index contributed by atoms with van der Waals surface area (Å²) in [7, 11) is 0. The number of hydrogen-bond donors (Lipinski definition) is 3. The van der Waals surface area contributed by atoms with E-state index in [2.05, 4.69) is 35.1 Å². The average Bonchev–Trinajstić information content (AvgIpc) is 2.42. The second-order valence-corrected chi connectivity index (χ2v) is 7.85. The van der Waals surface area contributed by atoms with Gasteiger partial charge in [0.25, 0.3) is 0 Å². The van der Waals surface area contributed by atoms with E-state index >= 15 is 0 Å². The molecule has 2 N–H and O–H groups in total. The SMILES string of the molecule is CC(S)NC1CCN(CCOCCNC(=O)C(C)(C)C)CC1. The van der Waals surface area contributed by atoms with E-state index in [4.69, 9.17) is 4.74 Å². The van der Waals surface area contributed by atoms with Gasteiger partial charge < -0.3 is 20.3 Å². The van der Waals surface area contributed by atoms with Gasteiger partial charge in [-0.1, -0.05) is 20.8 Å². The van der Waals surface area contributed by atoms with Crippen molar-refractivity contribution < 1.29 is 9.53 Å². The Balaban J connectivity index is 1.99. The summed E-state index contributed by atoms with van der Waals surface area (Å²) in [6, 6.07) is 0.595. The number of nitrogens with one attached hydrogen (secondary N) is 2. The van der Waals surface area contributed by atoms with Crippen molar-refractivity contribution in [1.29, 1.82) is 0 Å². The van der Waals surface area contributed by atoms with Gasteiger partial charge in [-0.15, -0.1) is 0 Å². The molecule has 1 fully saturated rings. The van der Waals surface area contributed by atoms with Crippen molar-refractivity contribution in [2.45, 2.75) is 52.0 Å². The van der Waals surface area contributed by atoms with Crippen LogP contribution in [0.1, 0.15) is 40.5 Å². The molecule has 5 nitrogen and oxygen atoms in total. The van der Waals surface area contributed by atoms with Gasteiger partial charge in [0.2, 0.25) is 5.91 Å². The summed E-state index contributed by atoms with van der Waals surface area (Å²) in [6.45, 7) is 12.9. The second-order valence-electron chi connectivity index (χ2n) is 7.08. The highest BCUT2D eigenvalue weighted by Gasteiger charge is 2.20. The summed E-state index contributed by atoms with van der Waals surface area (Å²) in [4.78, 5) is 14.1. The van der Waals surface area contributed by atoms with Crippen molar-refractivity contribution >= 4 is 18.5 Å². The average molecular weight is 332 g/mol. The monoisotopic (exact) mass is 331 g/mol. The van der Waals surface area contributed by atoms with Gasteiger partial charge in [-0.05, 0) is 32.9 Å². The van der Waals surface area contributed by atoms with E-state index in [-0.39, 0.29) is 16.7 Å². The molecule has 0 aromatic carbocycles. The van der Waals surface area contributed by atoms with E-state index in [1.165, 1.54) is 12.8 Å². The van der Waals surface area contributed by atoms with Crippen LogP contribution in [0.15, 0.2) is 0 Å². The molecule has 0 aromatic rings. The molecule has 0 saturated carbocycles. The molecule has 0 radical (unpaired) electrons. The molecule has 130 valence electrons. The fraction of sp³-hybridized carbons (Fsp3) is 0.938. The minimum Gasteiger partial charge on any atom is -0.378 e. The van der Waals surface area contributed by atoms with Crippen LogP contribution in [0.3, 0.4) is 0 Å². The molecular formula is C16H33N3O2S. The third-order valence-electron chi connectivity index (χ3n) is 3.83. The molecule has 0 spiro atoms. The largest absolute Gasteiger partial charge is 0.378 e. The lowest BCUT2D eigenvalue weighted by Gasteiger charge is -2.33. The highest BCUT2D eigenvalue weighted by Crippen LogP contribution is 2.12. The summed E-state index contributed by atoms with van der Waals surface area (Å²) >= 11 is 4.38. The Labute approximate surface area is 140 Å². The van der Waals surface area contributed by atoms with Crippen molar-refractivity contribution in [3.8, 4) is 0 Å². The van der Waals surface area contributed by atoms with E-state index < -0.39 is 0 Å². The predicted octanol–water partition coefficient (Wildman–Crippen LogP) is 1.50. The van der Waals surface area contributed by atoms with E-state index in [0.717, 1.165) is 26.2 Å². The number of carbonyl (C=O) groups excluding carboxylic acids is 1. The normalized spacial score (nSPS) is 19.1. The van der Waals surface area contributed by atoms with Crippen LogP contribution >= 0.6 is 12.6 Å². The van der Waals surface area contributed by atoms with Crippen LogP contribution in [0, 0.1) is 5.41 Å². The first-order valence-electron chi connectivity index (χ1n) is 8.31. The van der Waals surface area contributed by atoms with Crippen LogP contribution in [0.5, 0.6) is 0 Å². The molecule has 1 aliphatic heterocycles. The smallest absolute Gasteiger partial charge is 0.225 e. The molecule has 0 aliphatic carbocycles. The summed E-state index contributed by atoms with van der Waals surface area (Å²) in [5, 5.41) is 6.63. The number of likely N-dealkylation sites (tertiary alicyclic amines) is 1. The molecule has 1 saturated heterocycles. The Kier molecular flexibility index (Phi) is 8.75. The maximum absolute atomic E-state index is 11.7. The molecule has 1 atom stereocenters. The Hall–Kier alpha value is -0.300. The van der Waals surface area contributed by atoms with Crippen molar-refractivity contribution in [2.24, 2.45) is 5.41 Å². The number of nitrogens with zero attached hydrogens (tertiary/aromatic N) is 1. The summed E-state index contributed by atoms with van der Waals surface area (Å²) in [5.41, 5.74) is -0.330. The minimum atomic E-state index is -0.330. The topological polar surface area (TPSA) is 53.6 Å². The Morgan fingerprint density at radius 1 is 1.32 bits per heavy atom. The molecule has 0 bridgehead atoms. The standard InChI is InChI=1S/C16H33N3O2S/c1-13(22)18-14-5-8-19(9-6-14)10-12-21-11-7-17-15(20)16(2,3)4/h13-14,18,22H,5-12H2,1-4H3,(H,17,20). The van der Waals surface area contributed by atoms with Gasteiger partial charge in [0.05, 0.1) is 13.2 Å². The molecular weight excluding hydrogens is 298 g/mol. The van der Waals surface area contributed by atoms with Crippen molar-refractivity contribution in [3.05, 3.63) is 0 Å². The summed E-state index contributed by atoms with van der Waals surface area (Å²) in [5.74, 6) is 0.0732. The fourth-order valence-electron chi connectivity index (χ4n) is 2.46. The van der Waals surface area contributed by atoms with Crippen molar-refractivity contribution in [1.82, 2.24) is 15.5 Å². The highest BCUT2D eigenvalue weighted by molar-refractivity contribution is 7.80. The van der Waals surface area contributed by atoms with Gasteiger partial charge in [0.15, 0.2) is 0 Å². The second kappa shape index (κ2) is 9.75. The number of amides is 1. The third-order valence-corrected chi connectivity index (χ3v) is 3.98. The van der Waals surface area contributed by atoms with Crippen molar-refractivity contribution in [2.75, 3.05) is 39.4 Å². The van der Waals surface area contributed by atoms with Crippen LogP contribution < -0.4 is 10.6 Å². The Morgan fingerprint density at radius 3 is 2.50 bits per heavy atom. The highest BCUT2D eigenvalue weighted by atomic mass is 32.1. The van der Waals surface area contributed by atoms with E-state index in [1.54, 1.807) is 0 Å². The molecule has 0 aromatic heterocycles. The minimum absolute atomic E-state index is 0.0732. The van der Waals surface area contributed by atoms with Crippen LogP contribution in [-0.2, 0) is 9.53 Å². The lowest BCUT2D eigenvalue weighted by atomic mass is 9.96. The first-order chi connectivity index (χ1) is 10.3. The maximum Gasteiger partial charge on any atom is 0.225 e. The molecule has 6 heteroatoms. The lowest BCUT2D eigenvalue weighted by Crippen LogP contribution is -2.45.